The molecule has 3 aromatic carbocycles. The van der Waals surface area contributed by atoms with Gasteiger partial charge in [0, 0.05) is 0 Å². The number of carbonyl (C=O) groups excluding carboxylic acids is 1. The number of methoxy groups -OCH3 is 4. The molecule has 0 N–H and O–H groups in total. The predicted octanol–water partition coefficient (Wildman–Crippen LogP) is 4.67. The third-order valence-electron chi connectivity index (χ3n) is 6.74. The summed E-state index contributed by atoms with van der Waals surface area (Å²) in [5, 5.41) is 2.15. The molecule has 2 unspecified atom stereocenters. The van der Waals surface area contributed by atoms with E-state index in [9.17, 15) is 4.79 Å². The van der Waals surface area contributed by atoms with Crippen molar-refractivity contribution in [3.63, 3.8) is 0 Å². The van der Waals surface area contributed by atoms with E-state index in [0.717, 1.165) is 15.9 Å². The quantitative estimate of drug-likeness (QED) is 0.248. The van der Waals surface area contributed by atoms with Crippen molar-refractivity contribution in [3.05, 3.63) is 78.4 Å². The molecule has 0 saturated heterocycles. The fourth-order valence-corrected chi connectivity index (χ4v) is 6.84. The van der Waals surface area contributed by atoms with E-state index in [1.54, 1.807) is 21.3 Å². The number of rotatable bonds is 12. The second-order valence-corrected chi connectivity index (χ2v) is 12.2. The minimum atomic E-state index is -1.73. The molecule has 7 heteroatoms. The smallest absolute Gasteiger partial charge is 0.334 e. The predicted molar refractivity (Wildman–Crippen MR) is 152 cm³/mol. The molecule has 3 rings (SSSR count). The summed E-state index contributed by atoms with van der Waals surface area (Å²) in [6, 6.07) is 24.1. The molecule has 3 aromatic rings. The molecule has 0 aliphatic heterocycles. The molecule has 38 heavy (non-hydrogen) atoms. The first kappa shape index (κ1) is 29.3. The third-order valence-corrected chi connectivity index (χ3v) is 8.94. The van der Waals surface area contributed by atoms with Gasteiger partial charge in [-0.2, -0.15) is 0 Å². The molecule has 2 atom stereocenters. The zero-order chi connectivity index (χ0) is 27.7. The lowest BCUT2D eigenvalue weighted by molar-refractivity contribution is -0.154. The van der Waals surface area contributed by atoms with Crippen LogP contribution in [0.5, 0.6) is 17.2 Å². The van der Waals surface area contributed by atoms with Gasteiger partial charge in [-0.1, -0.05) is 87.5 Å². The van der Waals surface area contributed by atoms with Gasteiger partial charge in [-0.25, -0.2) is 4.79 Å². The van der Waals surface area contributed by atoms with Gasteiger partial charge in [0.25, 0.3) is 9.04 Å². The van der Waals surface area contributed by atoms with Gasteiger partial charge in [-0.3, -0.25) is 0 Å². The van der Waals surface area contributed by atoms with E-state index < -0.39 is 15.1 Å². The van der Waals surface area contributed by atoms with Crippen LogP contribution in [0.1, 0.15) is 32.8 Å². The summed E-state index contributed by atoms with van der Waals surface area (Å²) in [5.74, 6) is 1.29. The molecule has 1 radical (unpaired) electrons. The Bertz CT molecular complexity index is 1120. The lowest BCUT2D eigenvalue weighted by atomic mass is 9.74. The van der Waals surface area contributed by atoms with Gasteiger partial charge < -0.3 is 23.4 Å². The average molecular weight is 536 g/mol. The zero-order valence-corrected chi connectivity index (χ0v) is 24.4. The topological polar surface area (TPSA) is 63.2 Å². The standard InChI is InChI=1S/C31H39O6Si/c1-31(2,3)25(20-18-22-19-21-26(33-4)29(35-6)27(22)34-5)28(30(32)36-7)37-38(23-14-10-8-11-15-23)24-16-12-9-13-17-24/h8-17,19,21,25,28H,18,20H2,1-7H3. The average Bonchev–Trinajstić information content (AvgIpc) is 2.93. The van der Waals surface area contributed by atoms with Crippen LogP contribution in [0.3, 0.4) is 0 Å². The van der Waals surface area contributed by atoms with Crippen LogP contribution in [0.25, 0.3) is 0 Å². The molecule has 0 fully saturated rings. The first-order valence-corrected chi connectivity index (χ1v) is 14.2. The Morgan fingerprint density at radius 2 is 1.32 bits per heavy atom. The zero-order valence-electron chi connectivity index (χ0n) is 23.4. The summed E-state index contributed by atoms with van der Waals surface area (Å²) in [6.45, 7) is 6.42. The van der Waals surface area contributed by atoms with Crippen LogP contribution in [0.15, 0.2) is 72.8 Å². The van der Waals surface area contributed by atoms with Gasteiger partial charge in [0.15, 0.2) is 11.5 Å². The Morgan fingerprint density at radius 3 is 1.76 bits per heavy atom. The highest BCUT2D eigenvalue weighted by molar-refractivity contribution is 6.80. The van der Waals surface area contributed by atoms with E-state index >= 15 is 0 Å². The molecule has 0 amide bonds. The van der Waals surface area contributed by atoms with E-state index in [2.05, 4.69) is 45.0 Å². The van der Waals surface area contributed by atoms with Crippen molar-refractivity contribution in [1.82, 2.24) is 0 Å². The van der Waals surface area contributed by atoms with Gasteiger partial charge in [-0.15, -0.1) is 0 Å². The van der Waals surface area contributed by atoms with Crippen molar-refractivity contribution in [2.24, 2.45) is 11.3 Å². The summed E-state index contributed by atoms with van der Waals surface area (Å²) in [4.78, 5) is 13.3. The van der Waals surface area contributed by atoms with Crippen molar-refractivity contribution in [3.8, 4) is 17.2 Å². The number of ether oxygens (including phenoxy) is 4. The van der Waals surface area contributed by atoms with Crippen LogP contribution < -0.4 is 24.6 Å². The Morgan fingerprint density at radius 1 is 0.763 bits per heavy atom. The minimum absolute atomic E-state index is 0.139. The highest BCUT2D eigenvalue weighted by Crippen LogP contribution is 2.42. The van der Waals surface area contributed by atoms with Crippen molar-refractivity contribution >= 4 is 25.4 Å². The normalized spacial score (nSPS) is 13.1. The maximum Gasteiger partial charge on any atom is 0.334 e. The fourth-order valence-electron chi connectivity index (χ4n) is 4.73. The monoisotopic (exact) mass is 535 g/mol. The number of hydrogen-bond acceptors (Lipinski definition) is 6. The molecular weight excluding hydrogens is 496 g/mol. The van der Waals surface area contributed by atoms with Gasteiger partial charge in [0.05, 0.1) is 28.4 Å². The molecule has 0 heterocycles. The maximum atomic E-state index is 13.3. The molecule has 0 aromatic heterocycles. The second kappa shape index (κ2) is 13.5. The fraction of sp³-hybridized carbons (Fsp3) is 0.387. The largest absolute Gasteiger partial charge is 0.493 e. The highest BCUT2D eigenvalue weighted by atomic mass is 28.3. The second-order valence-electron chi connectivity index (χ2n) is 10.1. The number of carbonyl (C=O) groups is 1. The van der Waals surface area contributed by atoms with Crippen LogP contribution in [0, 0.1) is 11.3 Å². The molecule has 0 aliphatic rings. The molecule has 0 spiro atoms. The Kier molecular flexibility index (Phi) is 10.4. The van der Waals surface area contributed by atoms with Crippen LogP contribution >= 0.6 is 0 Å². The number of benzene rings is 3. The van der Waals surface area contributed by atoms with Crippen LogP contribution in [-0.2, 0) is 20.4 Å². The molecule has 6 nitrogen and oxygen atoms in total. The molecular formula is C31H39O6Si. The summed E-state index contributed by atoms with van der Waals surface area (Å²) in [5.41, 5.74) is 0.725. The minimum Gasteiger partial charge on any atom is -0.493 e. The SMILES string of the molecule is COC(=O)C(O[Si](c1ccccc1)c1ccccc1)C(CCc1ccc(OC)c(OC)c1OC)C(C)(C)C. The van der Waals surface area contributed by atoms with Crippen molar-refractivity contribution in [2.45, 2.75) is 39.7 Å². The Labute approximate surface area is 228 Å². The van der Waals surface area contributed by atoms with Crippen molar-refractivity contribution in [1.29, 1.82) is 0 Å². The van der Waals surface area contributed by atoms with Gasteiger partial charge in [0.2, 0.25) is 5.75 Å². The van der Waals surface area contributed by atoms with Crippen molar-refractivity contribution < 1.29 is 28.2 Å². The first-order valence-electron chi connectivity index (χ1n) is 12.7. The van der Waals surface area contributed by atoms with E-state index in [-0.39, 0.29) is 17.3 Å². The maximum absolute atomic E-state index is 13.3. The van der Waals surface area contributed by atoms with E-state index in [1.807, 2.05) is 48.5 Å². The summed E-state index contributed by atoms with van der Waals surface area (Å²) in [6.07, 6.45) is 0.579. The lowest BCUT2D eigenvalue weighted by Gasteiger charge is -2.37. The molecule has 0 bridgehead atoms. The van der Waals surface area contributed by atoms with E-state index in [0.29, 0.717) is 30.1 Å². The Hall–Kier alpha value is -3.29. The van der Waals surface area contributed by atoms with Crippen LogP contribution in [-0.4, -0.2) is 49.6 Å². The summed E-state index contributed by atoms with van der Waals surface area (Å²) < 4.78 is 28.9. The first-order chi connectivity index (χ1) is 18.2. The summed E-state index contributed by atoms with van der Waals surface area (Å²) >= 11 is 0. The number of esters is 1. The lowest BCUT2D eigenvalue weighted by Crippen LogP contribution is -2.52. The number of aryl methyl sites for hydroxylation is 1. The Balaban J connectivity index is 1.99. The van der Waals surface area contributed by atoms with Crippen LogP contribution in [0.2, 0.25) is 0 Å². The van der Waals surface area contributed by atoms with E-state index in [1.165, 1.54) is 7.11 Å². The van der Waals surface area contributed by atoms with E-state index in [4.69, 9.17) is 23.4 Å². The van der Waals surface area contributed by atoms with Crippen LogP contribution in [0.4, 0.5) is 0 Å². The molecule has 0 saturated carbocycles. The summed E-state index contributed by atoms with van der Waals surface area (Å²) in [7, 11) is 4.51. The van der Waals surface area contributed by atoms with Crippen molar-refractivity contribution in [2.75, 3.05) is 28.4 Å². The highest BCUT2D eigenvalue weighted by Gasteiger charge is 2.40. The number of hydrogen-bond donors (Lipinski definition) is 0. The molecule has 0 aliphatic carbocycles. The van der Waals surface area contributed by atoms with Gasteiger partial charge in [0.1, 0.15) is 6.10 Å². The van der Waals surface area contributed by atoms with Gasteiger partial charge >= 0.3 is 5.97 Å². The van der Waals surface area contributed by atoms with Gasteiger partial charge in [-0.05, 0) is 46.2 Å². The molecule has 203 valence electrons. The third kappa shape index (κ3) is 6.97.